The molecule has 31 heavy (non-hydrogen) atoms. The van der Waals surface area contributed by atoms with Crippen LogP contribution in [0.4, 0.5) is 0 Å². The third kappa shape index (κ3) is 3.64. The molecule has 0 fully saturated rings. The zero-order valence-electron chi connectivity index (χ0n) is 16.5. The predicted molar refractivity (Wildman–Crippen MR) is 123 cm³/mol. The Balaban J connectivity index is 1.48. The quantitative estimate of drug-likeness (QED) is 0.449. The van der Waals surface area contributed by atoms with Gasteiger partial charge in [0.2, 0.25) is 0 Å². The summed E-state index contributed by atoms with van der Waals surface area (Å²) < 4.78 is 1.56. The maximum atomic E-state index is 12.9. The molecule has 2 N–H and O–H groups in total. The number of hydrogen-bond acceptors (Lipinski definition) is 4. The Morgan fingerprint density at radius 1 is 1.19 bits per heavy atom. The molecule has 6 nitrogen and oxygen atoms in total. The molecule has 0 aliphatic carbocycles. The number of carbonyl (C=O) groups excluding carboxylic acids is 1. The average molecular weight is 451 g/mol. The number of hydrogen-bond donors (Lipinski definition) is 2. The standard InChI is InChI=1S/C23H19ClN4O2S/c24-19-7-3-1-5-14(19)16(17-11-25-20-8-4-2-6-15(17)20)12-26-21(29)18-13-27-23-28(22(18)30)9-10-31-23/h1-8,11,13,16,25H,9-10,12H2,(H,26,29). The molecule has 1 aliphatic rings. The third-order valence-electron chi connectivity index (χ3n) is 5.55. The number of halogens is 1. The van der Waals surface area contributed by atoms with E-state index in [0.717, 1.165) is 27.8 Å². The fourth-order valence-electron chi connectivity index (χ4n) is 3.99. The average Bonchev–Trinajstić information content (AvgIpc) is 3.43. The van der Waals surface area contributed by atoms with Crippen molar-refractivity contribution in [2.45, 2.75) is 17.6 Å². The van der Waals surface area contributed by atoms with E-state index >= 15 is 0 Å². The van der Waals surface area contributed by atoms with Crippen LogP contribution >= 0.6 is 23.4 Å². The van der Waals surface area contributed by atoms with Crippen molar-refractivity contribution in [3.05, 3.63) is 93.0 Å². The summed E-state index contributed by atoms with van der Waals surface area (Å²) in [6, 6.07) is 15.6. The van der Waals surface area contributed by atoms with Crippen LogP contribution in [0, 0.1) is 0 Å². The fraction of sp³-hybridized carbons (Fsp3) is 0.174. The molecule has 1 unspecified atom stereocenters. The van der Waals surface area contributed by atoms with Crippen LogP contribution in [0.1, 0.15) is 27.4 Å². The minimum atomic E-state index is -0.429. The van der Waals surface area contributed by atoms with Crippen molar-refractivity contribution in [1.82, 2.24) is 19.9 Å². The Hall–Kier alpha value is -3.03. The van der Waals surface area contributed by atoms with Crippen LogP contribution in [0.3, 0.4) is 0 Å². The number of fused-ring (bicyclic) bond motifs is 2. The summed E-state index contributed by atoms with van der Waals surface area (Å²) >= 11 is 8.04. The van der Waals surface area contributed by atoms with Crippen molar-refractivity contribution in [2.75, 3.05) is 12.3 Å². The molecule has 4 aromatic rings. The zero-order chi connectivity index (χ0) is 21.4. The van der Waals surface area contributed by atoms with E-state index in [0.29, 0.717) is 23.3 Å². The molecule has 1 amide bonds. The highest BCUT2D eigenvalue weighted by Crippen LogP contribution is 2.34. The van der Waals surface area contributed by atoms with Crippen LogP contribution in [-0.2, 0) is 6.54 Å². The Kier molecular flexibility index (Phi) is 5.29. The van der Waals surface area contributed by atoms with Crippen LogP contribution in [-0.4, -0.2) is 32.7 Å². The van der Waals surface area contributed by atoms with Gasteiger partial charge >= 0.3 is 0 Å². The minimum absolute atomic E-state index is 0.0584. The van der Waals surface area contributed by atoms with Crippen LogP contribution in [0.2, 0.25) is 5.02 Å². The van der Waals surface area contributed by atoms with Gasteiger partial charge in [-0.1, -0.05) is 59.8 Å². The van der Waals surface area contributed by atoms with Gasteiger partial charge in [0.1, 0.15) is 5.56 Å². The number of nitrogens with one attached hydrogen (secondary N) is 2. The van der Waals surface area contributed by atoms with Crippen LogP contribution in [0.15, 0.2) is 70.9 Å². The van der Waals surface area contributed by atoms with E-state index in [1.165, 1.54) is 18.0 Å². The molecule has 0 saturated heterocycles. The first-order valence-electron chi connectivity index (χ1n) is 9.95. The number of carbonyl (C=O) groups is 1. The number of nitrogens with zero attached hydrogens (tertiary/aromatic N) is 2. The number of para-hydroxylation sites is 1. The number of aromatic nitrogens is 3. The fourth-order valence-corrected chi connectivity index (χ4v) is 5.17. The molecule has 0 bridgehead atoms. The Morgan fingerprint density at radius 3 is 2.87 bits per heavy atom. The van der Waals surface area contributed by atoms with Gasteiger partial charge in [0.15, 0.2) is 5.16 Å². The normalized spacial score (nSPS) is 13.8. The van der Waals surface area contributed by atoms with Crippen LogP contribution < -0.4 is 10.9 Å². The summed E-state index contributed by atoms with van der Waals surface area (Å²) in [6.45, 7) is 0.866. The van der Waals surface area contributed by atoms with Crippen LogP contribution in [0.5, 0.6) is 0 Å². The SMILES string of the molecule is O=C(NCC(c1ccccc1Cl)c1c[nH]c2ccccc12)c1cnc2n(c1=O)CCS2. The lowest BCUT2D eigenvalue weighted by Gasteiger charge is -2.19. The maximum absolute atomic E-state index is 12.9. The summed E-state index contributed by atoms with van der Waals surface area (Å²) in [5.74, 6) is 0.179. The molecule has 3 heterocycles. The molecule has 1 aliphatic heterocycles. The summed E-state index contributed by atoms with van der Waals surface area (Å²) in [5.41, 5.74) is 2.72. The van der Waals surface area contributed by atoms with Gasteiger partial charge in [0.05, 0.1) is 0 Å². The van der Waals surface area contributed by atoms with Gasteiger partial charge in [-0.2, -0.15) is 0 Å². The smallest absolute Gasteiger partial charge is 0.267 e. The van der Waals surface area contributed by atoms with Gasteiger partial charge in [-0.05, 0) is 23.3 Å². The molecule has 0 spiro atoms. The van der Waals surface area contributed by atoms with Gasteiger partial charge in [-0.3, -0.25) is 14.2 Å². The summed E-state index contributed by atoms with van der Waals surface area (Å²) in [5, 5.41) is 5.30. The van der Waals surface area contributed by atoms with Gasteiger partial charge in [-0.25, -0.2) is 4.98 Å². The van der Waals surface area contributed by atoms with E-state index in [1.54, 1.807) is 4.57 Å². The molecule has 0 saturated carbocycles. The van der Waals surface area contributed by atoms with Crippen LogP contribution in [0.25, 0.3) is 10.9 Å². The number of rotatable bonds is 5. The second-order valence-corrected chi connectivity index (χ2v) is 8.80. The van der Waals surface area contributed by atoms with E-state index in [4.69, 9.17) is 11.6 Å². The van der Waals surface area contributed by atoms with Crippen molar-refractivity contribution in [1.29, 1.82) is 0 Å². The van der Waals surface area contributed by atoms with Crippen molar-refractivity contribution in [3.8, 4) is 0 Å². The second-order valence-electron chi connectivity index (χ2n) is 7.33. The molecular weight excluding hydrogens is 432 g/mol. The third-order valence-corrected chi connectivity index (χ3v) is 6.86. The number of amides is 1. The number of benzene rings is 2. The van der Waals surface area contributed by atoms with Gasteiger partial charge in [0.25, 0.3) is 11.5 Å². The highest BCUT2D eigenvalue weighted by molar-refractivity contribution is 7.99. The second kappa shape index (κ2) is 8.24. The zero-order valence-corrected chi connectivity index (χ0v) is 18.0. The first kappa shape index (κ1) is 19.9. The van der Waals surface area contributed by atoms with Gasteiger partial charge in [-0.15, -0.1) is 0 Å². The summed E-state index contributed by atoms with van der Waals surface area (Å²) in [6.07, 6.45) is 3.33. The topological polar surface area (TPSA) is 79.8 Å². The minimum Gasteiger partial charge on any atom is -0.361 e. The van der Waals surface area contributed by atoms with Gasteiger partial charge in [0, 0.05) is 53.1 Å². The van der Waals surface area contributed by atoms with E-state index < -0.39 is 5.91 Å². The number of H-pyrrole nitrogens is 1. The maximum Gasteiger partial charge on any atom is 0.267 e. The Morgan fingerprint density at radius 2 is 2.00 bits per heavy atom. The monoisotopic (exact) mass is 450 g/mol. The lowest BCUT2D eigenvalue weighted by Crippen LogP contribution is -2.35. The van der Waals surface area contributed by atoms with Gasteiger partial charge < -0.3 is 10.3 Å². The molecule has 2 aromatic carbocycles. The lowest BCUT2D eigenvalue weighted by molar-refractivity contribution is 0.0949. The first-order chi connectivity index (χ1) is 15.1. The lowest BCUT2D eigenvalue weighted by atomic mass is 9.90. The summed E-state index contributed by atoms with van der Waals surface area (Å²) in [4.78, 5) is 33.2. The molecule has 156 valence electrons. The van der Waals surface area contributed by atoms with Crippen molar-refractivity contribution >= 4 is 40.2 Å². The highest BCUT2D eigenvalue weighted by Gasteiger charge is 2.24. The molecule has 5 rings (SSSR count). The van der Waals surface area contributed by atoms with Crippen molar-refractivity contribution < 1.29 is 4.79 Å². The highest BCUT2D eigenvalue weighted by atomic mass is 35.5. The number of thioether (sulfide) groups is 1. The predicted octanol–water partition coefficient (Wildman–Crippen LogP) is 4.05. The van der Waals surface area contributed by atoms with E-state index in [9.17, 15) is 9.59 Å². The van der Waals surface area contributed by atoms with E-state index in [-0.39, 0.29) is 17.0 Å². The Labute approximate surface area is 187 Å². The van der Waals surface area contributed by atoms with Crippen molar-refractivity contribution in [3.63, 3.8) is 0 Å². The van der Waals surface area contributed by atoms with E-state index in [2.05, 4.69) is 15.3 Å². The summed E-state index contributed by atoms with van der Waals surface area (Å²) in [7, 11) is 0. The number of aromatic amines is 1. The molecule has 1 atom stereocenters. The molecule has 0 radical (unpaired) electrons. The first-order valence-corrected chi connectivity index (χ1v) is 11.3. The molecule has 8 heteroatoms. The molecule has 2 aromatic heterocycles. The van der Waals surface area contributed by atoms with Crippen molar-refractivity contribution in [2.24, 2.45) is 0 Å². The largest absolute Gasteiger partial charge is 0.361 e. The van der Waals surface area contributed by atoms with E-state index in [1.807, 2.05) is 54.7 Å². The Bertz CT molecular complexity index is 1350. The molecular formula is C23H19ClN4O2S.